The molecule has 5 nitrogen and oxygen atoms in total. The van der Waals surface area contributed by atoms with Crippen molar-refractivity contribution >= 4 is 18.4 Å². The lowest BCUT2D eigenvalue weighted by Crippen LogP contribution is -2.47. The van der Waals surface area contributed by atoms with Crippen LogP contribution in [-0.4, -0.2) is 59.8 Å². The monoisotopic (exact) mass is 249 g/mol. The van der Waals surface area contributed by atoms with Gasteiger partial charge in [-0.1, -0.05) is 13.0 Å². The van der Waals surface area contributed by atoms with Gasteiger partial charge in [-0.25, -0.2) is 4.98 Å². The first kappa shape index (κ1) is 13.3. The first-order chi connectivity index (χ1) is 8.70. The van der Waals surface area contributed by atoms with Crippen LogP contribution in [-0.2, 0) is 0 Å². The van der Waals surface area contributed by atoms with Gasteiger partial charge in [-0.3, -0.25) is 4.90 Å². The molecule has 0 aromatic carbocycles. The van der Waals surface area contributed by atoms with Crippen LogP contribution in [0.4, 0.5) is 5.82 Å². The Bertz CT molecular complexity index is 364. The molecule has 1 saturated heterocycles. The van der Waals surface area contributed by atoms with E-state index < -0.39 is 7.12 Å². The minimum atomic E-state index is -1.44. The molecule has 0 unspecified atom stereocenters. The molecule has 1 aliphatic heterocycles. The third-order valence-corrected chi connectivity index (χ3v) is 3.31. The zero-order valence-corrected chi connectivity index (χ0v) is 10.8. The second kappa shape index (κ2) is 6.18. The Morgan fingerprint density at radius 3 is 2.44 bits per heavy atom. The van der Waals surface area contributed by atoms with Crippen molar-refractivity contribution in [2.45, 2.75) is 13.3 Å². The van der Waals surface area contributed by atoms with E-state index in [1.807, 2.05) is 6.07 Å². The van der Waals surface area contributed by atoms with E-state index in [2.05, 4.69) is 21.7 Å². The molecule has 0 saturated carbocycles. The van der Waals surface area contributed by atoms with Gasteiger partial charge >= 0.3 is 7.12 Å². The van der Waals surface area contributed by atoms with E-state index >= 15 is 0 Å². The topological polar surface area (TPSA) is 59.8 Å². The number of rotatable bonds is 4. The molecule has 98 valence electrons. The molecular formula is C12H20BN3O2. The second-order valence-corrected chi connectivity index (χ2v) is 4.65. The molecule has 1 aromatic rings. The van der Waals surface area contributed by atoms with Crippen LogP contribution < -0.4 is 10.4 Å². The van der Waals surface area contributed by atoms with Crippen LogP contribution in [0, 0.1) is 0 Å². The highest BCUT2D eigenvalue weighted by atomic mass is 16.4. The highest BCUT2D eigenvalue weighted by molar-refractivity contribution is 6.58. The maximum absolute atomic E-state index is 9.01. The maximum atomic E-state index is 9.01. The van der Waals surface area contributed by atoms with Crippen molar-refractivity contribution in [3.05, 3.63) is 18.3 Å². The number of pyridine rings is 1. The fourth-order valence-corrected chi connectivity index (χ4v) is 2.25. The standard InChI is InChI=1S/C12H20BN3O2/c1-2-5-15-6-8-16(9-7-15)12-4-3-11(10-14-12)13(17)18/h3-4,10,17-18H,2,5-9H2,1H3. The third kappa shape index (κ3) is 3.22. The van der Waals surface area contributed by atoms with Gasteiger partial charge in [0.05, 0.1) is 0 Å². The van der Waals surface area contributed by atoms with E-state index in [4.69, 9.17) is 10.0 Å². The van der Waals surface area contributed by atoms with Crippen LogP contribution in [0.1, 0.15) is 13.3 Å². The Balaban J connectivity index is 1.93. The predicted molar refractivity (Wildman–Crippen MR) is 73.0 cm³/mol. The molecule has 0 spiro atoms. The van der Waals surface area contributed by atoms with E-state index in [1.54, 1.807) is 6.07 Å². The second-order valence-electron chi connectivity index (χ2n) is 4.65. The summed E-state index contributed by atoms with van der Waals surface area (Å²) in [5.41, 5.74) is 0.434. The van der Waals surface area contributed by atoms with Gasteiger partial charge in [-0.05, 0) is 19.0 Å². The van der Waals surface area contributed by atoms with Crippen LogP contribution in [0.25, 0.3) is 0 Å². The predicted octanol–water partition coefficient (Wildman–Crippen LogP) is -0.707. The Morgan fingerprint density at radius 1 is 1.22 bits per heavy atom. The van der Waals surface area contributed by atoms with Crippen molar-refractivity contribution in [1.29, 1.82) is 0 Å². The SMILES string of the molecule is CCCN1CCN(c2ccc(B(O)O)cn2)CC1. The Hall–Kier alpha value is -1.11. The van der Waals surface area contributed by atoms with Gasteiger partial charge in [0.1, 0.15) is 5.82 Å². The molecular weight excluding hydrogens is 229 g/mol. The highest BCUT2D eigenvalue weighted by Crippen LogP contribution is 2.12. The molecule has 0 radical (unpaired) electrons. The van der Waals surface area contributed by atoms with Crippen LogP contribution in [0.5, 0.6) is 0 Å². The number of piperazine rings is 1. The van der Waals surface area contributed by atoms with Crippen molar-refractivity contribution in [2.75, 3.05) is 37.6 Å². The average Bonchev–Trinajstić information content (AvgIpc) is 2.40. The molecule has 6 heteroatoms. The number of aromatic nitrogens is 1. The van der Waals surface area contributed by atoms with Crippen molar-refractivity contribution < 1.29 is 10.0 Å². The molecule has 0 aliphatic carbocycles. The van der Waals surface area contributed by atoms with Gasteiger partial charge in [0.2, 0.25) is 0 Å². The molecule has 0 atom stereocenters. The largest absolute Gasteiger partial charge is 0.490 e. The van der Waals surface area contributed by atoms with Crippen LogP contribution in [0.2, 0.25) is 0 Å². The summed E-state index contributed by atoms with van der Waals surface area (Å²) in [6.07, 6.45) is 2.72. The number of anilines is 1. The summed E-state index contributed by atoms with van der Waals surface area (Å²) in [5.74, 6) is 0.913. The van der Waals surface area contributed by atoms with Gasteiger partial charge < -0.3 is 14.9 Å². The van der Waals surface area contributed by atoms with E-state index in [0.29, 0.717) is 5.46 Å². The first-order valence-corrected chi connectivity index (χ1v) is 6.50. The van der Waals surface area contributed by atoms with Crippen molar-refractivity contribution in [3.63, 3.8) is 0 Å². The summed E-state index contributed by atoms with van der Waals surface area (Å²) in [5, 5.41) is 18.0. The van der Waals surface area contributed by atoms with E-state index in [-0.39, 0.29) is 0 Å². The van der Waals surface area contributed by atoms with Gasteiger partial charge in [-0.2, -0.15) is 0 Å². The number of hydrogen-bond donors (Lipinski definition) is 2. The Labute approximate surface area is 108 Å². The molecule has 18 heavy (non-hydrogen) atoms. The van der Waals surface area contributed by atoms with Crippen LogP contribution in [0.3, 0.4) is 0 Å². The Kier molecular flexibility index (Phi) is 4.57. The molecule has 2 rings (SSSR count). The maximum Gasteiger partial charge on any atom is 0.490 e. The molecule has 1 fully saturated rings. The third-order valence-electron chi connectivity index (χ3n) is 3.31. The summed E-state index contributed by atoms with van der Waals surface area (Å²) in [6, 6.07) is 3.57. The summed E-state index contributed by atoms with van der Waals surface area (Å²) < 4.78 is 0. The van der Waals surface area contributed by atoms with Crippen LogP contribution in [0.15, 0.2) is 18.3 Å². The smallest absolute Gasteiger partial charge is 0.423 e. The zero-order chi connectivity index (χ0) is 13.0. The Morgan fingerprint density at radius 2 is 1.94 bits per heavy atom. The van der Waals surface area contributed by atoms with Gasteiger partial charge in [0, 0.05) is 37.8 Å². The van der Waals surface area contributed by atoms with Gasteiger partial charge in [0.25, 0.3) is 0 Å². The van der Waals surface area contributed by atoms with E-state index in [1.165, 1.54) is 12.6 Å². The summed E-state index contributed by atoms with van der Waals surface area (Å²) in [6.45, 7) is 7.46. The van der Waals surface area contributed by atoms with Crippen molar-refractivity contribution in [2.24, 2.45) is 0 Å². The molecule has 2 heterocycles. The average molecular weight is 249 g/mol. The lowest BCUT2D eigenvalue weighted by Gasteiger charge is -2.35. The molecule has 0 amide bonds. The lowest BCUT2D eigenvalue weighted by molar-refractivity contribution is 0.258. The van der Waals surface area contributed by atoms with Gasteiger partial charge in [0.15, 0.2) is 0 Å². The molecule has 0 bridgehead atoms. The fourth-order valence-electron chi connectivity index (χ4n) is 2.25. The minimum absolute atomic E-state index is 0.434. The number of hydrogen-bond acceptors (Lipinski definition) is 5. The first-order valence-electron chi connectivity index (χ1n) is 6.50. The van der Waals surface area contributed by atoms with E-state index in [0.717, 1.165) is 38.5 Å². The van der Waals surface area contributed by atoms with Gasteiger partial charge in [-0.15, -0.1) is 0 Å². The van der Waals surface area contributed by atoms with E-state index in [9.17, 15) is 0 Å². The quantitative estimate of drug-likeness (QED) is 0.690. The highest BCUT2D eigenvalue weighted by Gasteiger charge is 2.18. The van der Waals surface area contributed by atoms with Crippen molar-refractivity contribution in [1.82, 2.24) is 9.88 Å². The lowest BCUT2D eigenvalue weighted by atomic mass is 9.82. The summed E-state index contributed by atoms with van der Waals surface area (Å²) >= 11 is 0. The molecule has 1 aliphatic rings. The zero-order valence-electron chi connectivity index (χ0n) is 10.8. The minimum Gasteiger partial charge on any atom is -0.423 e. The summed E-state index contributed by atoms with van der Waals surface area (Å²) in [7, 11) is -1.44. The van der Waals surface area contributed by atoms with Crippen molar-refractivity contribution in [3.8, 4) is 0 Å². The summed E-state index contributed by atoms with van der Waals surface area (Å²) in [4.78, 5) is 8.98. The molecule has 2 N–H and O–H groups in total. The normalized spacial score (nSPS) is 16.9. The number of nitrogens with zero attached hydrogens (tertiary/aromatic N) is 3. The fraction of sp³-hybridized carbons (Fsp3) is 0.583. The van der Waals surface area contributed by atoms with Crippen LogP contribution >= 0.6 is 0 Å². The molecule has 1 aromatic heterocycles.